The van der Waals surface area contributed by atoms with E-state index in [1.807, 2.05) is 4.72 Å². The van der Waals surface area contributed by atoms with Crippen molar-refractivity contribution in [3.05, 3.63) is 0 Å². The molecule has 0 aromatic carbocycles. The minimum Gasteiger partial charge on any atom is -0.326 e. The van der Waals surface area contributed by atoms with Crippen LogP contribution in [0.1, 0.15) is 19.3 Å². The van der Waals surface area contributed by atoms with Crippen LogP contribution in [0.2, 0.25) is 0 Å². The maximum atomic E-state index is 11.9. The van der Waals surface area contributed by atoms with Crippen LogP contribution in [0.3, 0.4) is 0 Å². The van der Waals surface area contributed by atoms with Gasteiger partial charge in [-0.05, 0) is 12.8 Å². The molecule has 0 radical (unpaired) electrons. The van der Waals surface area contributed by atoms with E-state index in [4.69, 9.17) is 5.73 Å². The van der Waals surface area contributed by atoms with Gasteiger partial charge in [-0.25, -0.2) is 13.1 Å². The van der Waals surface area contributed by atoms with Gasteiger partial charge in [-0.3, -0.25) is 0 Å². The Balaban J connectivity index is 2.58. The first-order valence-corrected chi connectivity index (χ1v) is 5.53. The molecule has 4 nitrogen and oxygen atoms in total. The van der Waals surface area contributed by atoms with E-state index in [0.717, 1.165) is 6.42 Å². The average Bonchev–Trinajstić information content (AvgIpc) is 2.35. The molecule has 0 aliphatic heterocycles. The van der Waals surface area contributed by atoms with Crippen LogP contribution in [0.25, 0.3) is 0 Å². The third kappa shape index (κ3) is 2.58. The molecule has 1 saturated carbocycles. The Morgan fingerprint density at radius 3 is 2.38 bits per heavy atom. The first-order valence-electron chi connectivity index (χ1n) is 3.98. The van der Waals surface area contributed by atoms with Crippen LogP contribution in [0, 0.1) is 0 Å². The number of hydrogen-bond donors (Lipinski definition) is 2. The van der Waals surface area contributed by atoms with Gasteiger partial charge in [0.15, 0.2) is 0 Å². The molecular formula is C6H12F2N2O2S. The van der Waals surface area contributed by atoms with Crippen LogP contribution in [0.4, 0.5) is 8.78 Å². The molecule has 1 aliphatic carbocycles. The van der Waals surface area contributed by atoms with Crippen molar-refractivity contribution in [1.82, 2.24) is 4.72 Å². The molecule has 3 N–H and O–H groups in total. The number of rotatable bonds is 3. The van der Waals surface area contributed by atoms with Gasteiger partial charge in [0.2, 0.25) is 0 Å². The Morgan fingerprint density at radius 2 is 2.00 bits per heavy atom. The van der Waals surface area contributed by atoms with Crippen LogP contribution in [0.15, 0.2) is 0 Å². The van der Waals surface area contributed by atoms with Crippen LogP contribution in [-0.2, 0) is 10.0 Å². The molecule has 0 aromatic rings. The summed E-state index contributed by atoms with van der Waals surface area (Å²) in [6.45, 7) is 0. The van der Waals surface area contributed by atoms with Crippen LogP contribution >= 0.6 is 0 Å². The van der Waals surface area contributed by atoms with Crippen molar-refractivity contribution in [2.45, 2.75) is 37.1 Å². The number of alkyl halides is 2. The Kier molecular flexibility index (Phi) is 3.20. The SMILES string of the molecule is NC1CCCC1NS(=O)(=O)C(F)F. The lowest BCUT2D eigenvalue weighted by molar-refractivity contribution is 0.231. The average molecular weight is 214 g/mol. The lowest BCUT2D eigenvalue weighted by Gasteiger charge is -2.16. The largest absolute Gasteiger partial charge is 0.350 e. The molecule has 0 aromatic heterocycles. The molecule has 1 fully saturated rings. The highest BCUT2D eigenvalue weighted by Crippen LogP contribution is 2.18. The van der Waals surface area contributed by atoms with E-state index in [9.17, 15) is 17.2 Å². The van der Waals surface area contributed by atoms with Crippen molar-refractivity contribution in [2.24, 2.45) is 5.73 Å². The highest BCUT2D eigenvalue weighted by atomic mass is 32.2. The van der Waals surface area contributed by atoms with Gasteiger partial charge >= 0.3 is 5.76 Å². The molecule has 0 heterocycles. The van der Waals surface area contributed by atoms with Crippen molar-refractivity contribution < 1.29 is 17.2 Å². The number of halogens is 2. The van der Waals surface area contributed by atoms with E-state index < -0.39 is 21.8 Å². The molecule has 0 amide bonds. The zero-order chi connectivity index (χ0) is 10.1. The Bertz CT molecular complexity index is 268. The predicted octanol–water partition coefficient (Wildman–Crippen LogP) is 0.00820. The van der Waals surface area contributed by atoms with E-state index in [2.05, 4.69) is 0 Å². The van der Waals surface area contributed by atoms with Gasteiger partial charge in [0.05, 0.1) is 0 Å². The first kappa shape index (κ1) is 10.8. The highest BCUT2D eigenvalue weighted by Gasteiger charge is 2.32. The van der Waals surface area contributed by atoms with Crippen molar-refractivity contribution in [1.29, 1.82) is 0 Å². The maximum Gasteiger partial charge on any atom is 0.350 e. The van der Waals surface area contributed by atoms with Crippen LogP contribution in [0.5, 0.6) is 0 Å². The van der Waals surface area contributed by atoms with Gasteiger partial charge in [-0.2, -0.15) is 8.78 Å². The van der Waals surface area contributed by atoms with Gasteiger partial charge in [0, 0.05) is 12.1 Å². The van der Waals surface area contributed by atoms with E-state index in [1.165, 1.54) is 0 Å². The van der Waals surface area contributed by atoms with Gasteiger partial charge in [-0.1, -0.05) is 6.42 Å². The summed E-state index contributed by atoms with van der Waals surface area (Å²) >= 11 is 0. The van der Waals surface area contributed by atoms with Gasteiger partial charge < -0.3 is 5.73 Å². The molecule has 7 heteroatoms. The summed E-state index contributed by atoms with van der Waals surface area (Å²) in [4.78, 5) is 0. The molecule has 2 unspecified atom stereocenters. The highest BCUT2D eigenvalue weighted by molar-refractivity contribution is 7.89. The Labute approximate surface area is 75.5 Å². The molecular weight excluding hydrogens is 202 g/mol. The minimum atomic E-state index is -4.48. The second-order valence-electron chi connectivity index (χ2n) is 3.12. The minimum absolute atomic E-state index is 0.339. The van der Waals surface area contributed by atoms with E-state index in [1.54, 1.807) is 0 Å². The molecule has 0 saturated heterocycles. The molecule has 1 rings (SSSR count). The fraction of sp³-hybridized carbons (Fsp3) is 1.00. The third-order valence-corrected chi connectivity index (χ3v) is 3.22. The quantitative estimate of drug-likeness (QED) is 0.695. The summed E-state index contributed by atoms with van der Waals surface area (Å²) in [5.74, 6) is -3.37. The smallest absolute Gasteiger partial charge is 0.326 e. The van der Waals surface area contributed by atoms with Gasteiger partial charge in [0.25, 0.3) is 10.0 Å². The van der Waals surface area contributed by atoms with Crippen molar-refractivity contribution in [2.75, 3.05) is 0 Å². The van der Waals surface area contributed by atoms with Crippen LogP contribution < -0.4 is 10.5 Å². The number of hydrogen-bond acceptors (Lipinski definition) is 3. The summed E-state index contributed by atoms with van der Waals surface area (Å²) in [6.07, 6.45) is 1.99. The summed E-state index contributed by atoms with van der Waals surface area (Å²) in [6, 6.07) is -0.868. The van der Waals surface area contributed by atoms with E-state index in [0.29, 0.717) is 12.8 Å². The summed E-state index contributed by atoms with van der Waals surface area (Å²) in [5, 5.41) is 0. The standard InChI is InChI=1S/C6H12F2N2O2S/c7-6(8)13(11,12)10-5-3-1-2-4(5)9/h4-6,10H,1-3,9H2. The van der Waals surface area contributed by atoms with Gasteiger partial charge in [0.1, 0.15) is 0 Å². The van der Waals surface area contributed by atoms with Crippen molar-refractivity contribution in [3.8, 4) is 0 Å². The lowest BCUT2D eigenvalue weighted by Crippen LogP contribution is -2.45. The predicted molar refractivity (Wildman–Crippen MR) is 43.7 cm³/mol. The zero-order valence-electron chi connectivity index (χ0n) is 6.91. The fourth-order valence-corrected chi connectivity index (χ4v) is 2.21. The molecule has 13 heavy (non-hydrogen) atoms. The first-order chi connectivity index (χ1) is 5.93. The van der Waals surface area contributed by atoms with Crippen LogP contribution in [-0.4, -0.2) is 26.3 Å². The number of sulfonamides is 1. The molecule has 2 atom stereocenters. The normalized spacial score (nSPS) is 29.8. The molecule has 78 valence electrons. The number of nitrogens with one attached hydrogen (secondary N) is 1. The fourth-order valence-electron chi connectivity index (χ4n) is 1.40. The molecule has 0 bridgehead atoms. The second kappa shape index (κ2) is 3.85. The Morgan fingerprint density at radius 1 is 1.38 bits per heavy atom. The lowest BCUT2D eigenvalue weighted by atomic mass is 10.2. The van der Waals surface area contributed by atoms with E-state index >= 15 is 0 Å². The van der Waals surface area contributed by atoms with Gasteiger partial charge in [-0.15, -0.1) is 0 Å². The molecule has 0 spiro atoms. The summed E-state index contributed by atoms with van der Waals surface area (Å²) in [7, 11) is -4.48. The summed E-state index contributed by atoms with van der Waals surface area (Å²) < 4.78 is 47.1. The maximum absolute atomic E-state index is 11.9. The molecule has 1 aliphatic rings. The van der Waals surface area contributed by atoms with Crippen molar-refractivity contribution in [3.63, 3.8) is 0 Å². The third-order valence-electron chi connectivity index (χ3n) is 2.12. The topological polar surface area (TPSA) is 72.2 Å². The van der Waals surface area contributed by atoms with Crippen molar-refractivity contribution >= 4 is 10.0 Å². The summed E-state index contributed by atoms with van der Waals surface area (Å²) in [5.41, 5.74) is 5.51. The zero-order valence-corrected chi connectivity index (χ0v) is 7.73. The monoisotopic (exact) mass is 214 g/mol. The second-order valence-corrected chi connectivity index (χ2v) is 4.81. The number of nitrogens with two attached hydrogens (primary N) is 1. The van der Waals surface area contributed by atoms with E-state index in [-0.39, 0.29) is 6.04 Å². The Hall–Kier alpha value is -0.270.